The fourth-order valence-electron chi connectivity index (χ4n) is 2.04. The van der Waals surface area contributed by atoms with Crippen molar-refractivity contribution in [1.29, 1.82) is 0 Å². The molecule has 2 aromatic rings. The maximum Gasteiger partial charge on any atom is 0.0337 e. The van der Waals surface area contributed by atoms with E-state index in [0.29, 0.717) is 0 Å². The molecule has 2 heteroatoms. The zero-order chi connectivity index (χ0) is 8.84. The zero-order valence-corrected chi connectivity index (χ0v) is 7.20. The molecule has 0 aliphatic heterocycles. The molecule has 1 aliphatic carbocycles. The number of hydrogen-bond donors (Lipinski definition) is 1. The Morgan fingerprint density at radius 3 is 2.77 bits per heavy atom. The van der Waals surface area contributed by atoms with Gasteiger partial charge in [-0.25, -0.2) is 0 Å². The minimum atomic E-state index is 1.02. The Labute approximate surface area is 76.6 Å². The number of rotatable bonds is 0. The van der Waals surface area contributed by atoms with Crippen LogP contribution in [0.3, 0.4) is 0 Å². The van der Waals surface area contributed by atoms with Gasteiger partial charge in [0.15, 0.2) is 0 Å². The van der Waals surface area contributed by atoms with Crippen molar-refractivity contribution in [2.45, 2.75) is 6.42 Å². The molecule has 2 nitrogen and oxygen atoms in total. The van der Waals surface area contributed by atoms with Crippen molar-refractivity contribution in [3.05, 3.63) is 47.8 Å². The smallest absolute Gasteiger partial charge is 0.0337 e. The van der Waals surface area contributed by atoms with Crippen LogP contribution >= 0.6 is 0 Å². The lowest BCUT2D eigenvalue weighted by atomic mass is 10.1. The second kappa shape index (κ2) is 2.16. The van der Waals surface area contributed by atoms with Gasteiger partial charge in [0, 0.05) is 24.4 Å². The molecule has 1 heterocycles. The summed E-state index contributed by atoms with van der Waals surface area (Å²) in [4.78, 5) is 0. The lowest BCUT2D eigenvalue weighted by Crippen LogP contribution is -2.03. The molecular weight excluding hydrogens is 160 g/mol. The quantitative estimate of drug-likeness (QED) is 0.512. The summed E-state index contributed by atoms with van der Waals surface area (Å²) in [6.07, 6.45) is 5.01. The topological polar surface area (TPSA) is 30.9 Å². The first-order chi connectivity index (χ1) is 6.34. The molecule has 0 saturated carbocycles. The normalized spacial score (nSPS) is 12.6. The molecule has 0 atom stereocenters. The van der Waals surface area contributed by atoms with Gasteiger partial charge in [0.05, 0.1) is 0 Å². The maximum atomic E-state index is 5.66. The second-order valence-corrected chi connectivity index (χ2v) is 3.48. The highest BCUT2D eigenvalue weighted by molar-refractivity contribution is 5.76. The summed E-state index contributed by atoms with van der Waals surface area (Å²) in [5.41, 5.74) is 5.37. The summed E-state index contributed by atoms with van der Waals surface area (Å²) in [5.74, 6) is 5.66. The highest BCUT2D eigenvalue weighted by atomic mass is 15.3. The first kappa shape index (κ1) is 6.78. The molecule has 3 rings (SSSR count). The van der Waals surface area contributed by atoms with Crippen LogP contribution in [0.1, 0.15) is 11.1 Å². The average Bonchev–Trinajstić information content (AvgIpc) is 2.60. The van der Waals surface area contributed by atoms with Crippen molar-refractivity contribution in [2.75, 3.05) is 5.84 Å². The Morgan fingerprint density at radius 1 is 1.00 bits per heavy atom. The van der Waals surface area contributed by atoms with Crippen LogP contribution in [-0.2, 0) is 6.42 Å². The molecule has 1 aromatic carbocycles. The molecule has 0 saturated heterocycles. The van der Waals surface area contributed by atoms with Gasteiger partial charge in [0.2, 0.25) is 0 Å². The summed E-state index contributed by atoms with van der Waals surface area (Å²) in [7, 11) is 0. The number of benzene rings is 1. The Morgan fingerprint density at radius 2 is 1.85 bits per heavy atom. The minimum Gasteiger partial charge on any atom is -0.340 e. The fourth-order valence-corrected chi connectivity index (χ4v) is 2.04. The van der Waals surface area contributed by atoms with E-state index in [0.717, 1.165) is 6.42 Å². The lowest BCUT2D eigenvalue weighted by Gasteiger charge is -1.97. The van der Waals surface area contributed by atoms with E-state index in [-0.39, 0.29) is 0 Å². The van der Waals surface area contributed by atoms with Crippen molar-refractivity contribution < 1.29 is 0 Å². The largest absolute Gasteiger partial charge is 0.340 e. The molecule has 13 heavy (non-hydrogen) atoms. The Kier molecular flexibility index (Phi) is 1.13. The van der Waals surface area contributed by atoms with Crippen molar-refractivity contribution in [3.8, 4) is 11.1 Å². The standard InChI is InChI=1S/C11H10N2/c12-13-6-9-5-8-3-1-2-4-10(8)11(9)7-13/h1-4,6-7H,5,12H2. The fraction of sp³-hybridized carbons (Fsp3) is 0.0909. The second-order valence-electron chi connectivity index (χ2n) is 3.48. The van der Waals surface area contributed by atoms with Crippen LogP contribution in [0.2, 0.25) is 0 Å². The summed E-state index contributed by atoms with van der Waals surface area (Å²) < 4.78 is 1.64. The molecule has 0 radical (unpaired) electrons. The number of aromatic nitrogens is 1. The van der Waals surface area contributed by atoms with Gasteiger partial charge in [-0.05, 0) is 16.7 Å². The van der Waals surface area contributed by atoms with Gasteiger partial charge >= 0.3 is 0 Å². The molecule has 0 unspecified atom stereocenters. The van der Waals surface area contributed by atoms with E-state index >= 15 is 0 Å². The van der Waals surface area contributed by atoms with E-state index in [1.807, 2.05) is 12.4 Å². The van der Waals surface area contributed by atoms with Gasteiger partial charge in [0.1, 0.15) is 0 Å². The van der Waals surface area contributed by atoms with Crippen LogP contribution in [-0.4, -0.2) is 4.68 Å². The Hall–Kier alpha value is -1.70. The van der Waals surface area contributed by atoms with E-state index in [1.165, 1.54) is 22.3 Å². The summed E-state index contributed by atoms with van der Waals surface area (Å²) in [5, 5.41) is 0. The first-order valence-electron chi connectivity index (χ1n) is 4.39. The SMILES string of the molecule is Nn1cc2c(c1)-c1ccccc1C2. The minimum absolute atomic E-state index is 1.02. The molecule has 1 aliphatic rings. The van der Waals surface area contributed by atoms with Gasteiger partial charge < -0.3 is 5.84 Å². The van der Waals surface area contributed by atoms with E-state index in [9.17, 15) is 0 Å². The molecule has 0 bridgehead atoms. The van der Waals surface area contributed by atoms with Crippen molar-refractivity contribution >= 4 is 0 Å². The molecule has 0 spiro atoms. The molecule has 0 fully saturated rings. The molecular formula is C11H10N2. The van der Waals surface area contributed by atoms with E-state index < -0.39 is 0 Å². The van der Waals surface area contributed by atoms with Gasteiger partial charge in [-0.2, -0.15) is 0 Å². The maximum absolute atomic E-state index is 5.66. The highest BCUT2D eigenvalue weighted by Gasteiger charge is 2.18. The van der Waals surface area contributed by atoms with Gasteiger partial charge in [-0.1, -0.05) is 24.3 Å². The summed E-state index contributed by atoms with van der Waals surface area (Å²) >= 11 is 0. The van der Waals surface area contributed by atoms with Gasteiger partial charge in [-0.3, -0.25) is 4.68 Å². The number of nitrogens with two attached hydrogens (primary N) is 1. The zero-order valence-electron chi connectivity index (χ0n) is 7.20. The number of nitrogen functional groups attached to an aromatic ring is 1. The third kappa shape index (κ3) is 0.827. The van der Waals surface area contributed by atoms with Gasteiger partial charge in [0.25, 0.3) is 0 Å². The van der Waals surface area contributed by atoms with Crippen LogP contribution in [0.15, 0.2) is 36.7 Å². The first-order valence-corrected chi connectivity index (χ1v) is 4.39. The van der Waals surface area contributed by atoms with E-state index in [2.05, 4.69) is 24.3 Å². The number of fused-ring (bicyclic) bond motifs is 3. The van der Waals surface area contributed by atoms with Crippen molar-refractivity contribution in [2.24, 2.45) is 0 Å². The molecule has 2 N–H and O–H groups in total. The molecule has 1 aromatic heterocycles. The van der Waals surface area contributed by atoms with Crippen LogP contribution < -0.4 is 5.84 Å². The Balaban J connectivity index is 2.30. The number of hydrogen-bond acceptors (Lipinski definition) is 1. The Bertz CT molecular complexity index is 469. The van der Waals surface area contributed by atoms with Crippen LogP contribution in [0, 0.1) is 0 Å². The molecule has 64 valence electrons. The average molecular weight is 170 g/mol. The highest BCUT2D eigenvalue weighted by Crippen LogP contribution is 2.36. The lowest BCUT2D eigenvalue weighted by molar-refractivity contribution is 1.01. The monoisotopic (exact) mass is 170 g/mol. The van der Waals surface area contributed by atoms with E-state index in [4.69, 9.17) is 5.84 Å². The summed E-state index contributed by atoms with van der Waals surface area (Å²) in [6.45, 7) is 0. The van der Waals surface area contributed by atoms with Crippen molar-refractivity contribution in [1.82, 2.24) is 4.68 Å². The van der Waals surface area contributed by atoms with Crippen LogP contribution in [0.4, 0.5) is 0 Å². The van der Waals surface area contributed by atoms with Gasteiger partial charge in [-0.15, -0.1) is 0 Å². The third-order valence-corrected chi connectivity index (χ3v) is 2.62. The third-order valence-electron chi connectivity index (χ3n) is 2.62. The van der Waals surface area contributed by atoms with Crippen molar-refractivity contribution in [3.63, 3.8) is 0 Å². The predicted molar refractivity (Wildman–Crippen MR) is 52.8 cm³/mol. The number of nitrogens with zero attached hydrogens (tertiary/aromatic N) is 1. The van der Waals surface area contributed by atoms with E-state index in [1.54, 1.807) is 4.68 Å². The van der Waals surface area contributed by atoms with Crippen LogP contribution in [0.5, 0.6) is 0 Å². The molecule has 0 amide bonds. The summed E-state index contributed by atoms with van der Waals surface area (Å²) in [6, 6.07) is 8.49. The van der Waals surface area contributed by atoms with Crippen LogP contribution in [0.25, 0.3) is 11.1 Å². The predicted octanol–water partition coefficient (Wildman–Crippen LogP) is 1.77.